The van der Waals surface area contributed by atoms with Gasteiger partial charge in [0.2, 0.25) is 10.0 Å². The number of benzene rings is 1. The summed E-state index contributed by atoms with van der Waals surface area (Å²) in [4.78, 5) is 23.7. The van der Waals surface area contributed by atoms with Crippen molar-refractivity contribution in [2.75, 3.05) is 19.7 Å². The maximum atomic E-state index is 12.9. The van der Waals surface area contributed by atoms with E-state index in [9.17, 15) is 18.0 Å². The highest BCUT2D eigenvalue weighted by atomic mass is 32.2. The molecule has 2 aromatic rings. The van der Waals surface area contributed by atoms with E-state index < -0.39 is 32.3 Å². The molecule has 1 aliphatic heterocycles. The summed E-state index contributed by atoms with van der Waals surface area (Å²) in [5.74, 6) is 0. The minimum absolute atomic E-state index is 0.109. The van der Waals surface area contributed by atoms with Crippen LogP contribution in [0, 0.1) is 0 Å². The summed E-state index contributed by atoms with van der Waals surface area (Å²) >= 11 is 0. The molecule has 1 saturated heterocycles. The van der Waals surface area contributed by atoms with Crippen molar-refractivity contribution in [3.05, 3.63) is 62.9 Å². The second kappa shape index (κ2) is 6.58. The summed E-state index contributed by atoms with van der Waals surface area (Å²) in [7, 11) is -1.37. The Morgan fingerprint density at radius 1 is 1.12 bits per heavy atom. The van der Waals surface area contributed by atoms with Crippen LogP contribution in [0.5, 0.6) is 0 Å². The molecule has 1 aromatic heterocycles. The quantitative estimate of drug-likeness (QED) is 0.754. The summed E-state index contributed by atoms with van der Waals surface area (Å²) < 4.78 is 34.7. The third-order valence-corrected chi connectivity index (χ3v) is 6.08. The molecule has 3 rings (SSSR count). The molecule has 0 radical (unpaired) electrons. The van der Waals surface area contributed by atoms with Crippen molar-refractivity contribution < 1.29 is 13.2 Å². The van der Waals surface area contributed by atoms with Crippen LogP contribution in [0.15, 0.2) is 51.0 Å². The molecular weight excluding hydrogens is 346 g/mol. The van der Waals surface area contributed by atoms with Gasteiger partial charge in [-0.3, -0.25) is 9.36 Å². The van der Waals surface area contributed by atoms with Crippen molar-refractivity contribution in [1.29, 1.82) is 0 Å². The zero-order valence-corrected chi connectivity index (χ0v) is 14.8. The summed E-state index contributed by atoms with van der Waals surface area (Å²) in [6.45, 7) is 0.487. The number of aromatic nitrogens is 2. The van der Waals surface area contributed by atoms with Gasteiger partial charge in [-0.1, -0.05) is 30.3 Å². The Morgan fingerprint density at radius 2 is 1.80 bits per heavy atom. The number of aryl methyl sites for hydroxylation is 1. The van der Waals surface area contributed by atoms with Crippen molar-refractivity contribution in [3.8, 4) is 0 Å². The number of nitrogens with zero attached hydrogens (tertiary/aromatic N) is 3. The predicted molar refractivity (Wildman–Crippen MR) is 90.8 cm³/mol. The molecule has 8 nitrogen and oxygen atoms in total. The van der Waals surface area contributed by atoms with E-state index >= 15 is 0 Å². The molecule has 134 valence electrons. The van der Waals surface area contributed by atoms with Crippen molar-refractivity contribution in [2.45, 2.75) is 11.0 Å². The molecule has 9 heteroatoms. The molecule has 0 saturated carbocycles. The molecule has 0 bridgehead atoms. The molecule has 0 spiro atoms. The van der Waals surface area contributed by atoms with Gasteiger partial charge in [0.05, 0.1) is 12.7 Å². The fraction of sp³-hybridized carbons (Fsp3) is 0.375. The van der Waals surface area contributed by atoms with Crippen molar-refractivity contribution in [2.24, 2.45) is 14.1 Å². The summed E-state index contributed by atoms with van der Waals surface area (Å²) in [5, 5.41) is 0. The summed E-state index contributed by atoms with van der Waals surface area (Å²) in [5.41, 5.74) is -0.533. The Balaban J connectivity index is 1.98. The lowest BCUT2D eigenvalue weighted by Gasteiger charge is -2.32. The lowest BCUT2D eigenvalue weighted by atomic mass is 10.1. The third kappa shape index (κ3) is 3.17. The minimum Gasteiger partial charge on any atom is -0.371 e. The van der Waals surface area contributed by atoms with Crippen LogP contribution in [-0.2, 0) is 28.9 Å². The maximum absolute atomic E-state index is 12.9. The highest BCUT2D eigenvalue weighted by Gasteiger charge is 2.34. The topological polar surface area (TPSA) is 90.6 Å². The number of sulfonamides is 1. The second-order valence-electron chi connectivity index (χ2n) is 5.88. The molecule has 0 N–H and O–H groups in total. The van der Waals surface area contributed by atoms with Gasteiger partial charge in [0.15, 0.2) is 4.90 Å². The van der Waals surface area contributed by atoms with Crippen LogP contribution in [0.1, 0.15) is 11.7 Å². The van der Waals surface area contributed by atoms with Gasteiger partial charge in [0, 0.05) is 33.4 Å². The molecule has 1 unspecified atom stereocenters. The van der Waals surface area contributed by atoms with Gasteiger partial charge in [0.25, 0.3) is 5.56 Å². The van der Waals surface area contributed by atoms with Crippen molar-refractivity contribution >= 4 is 10.0 Å². The van der Waals surface area contributed by atoms with E-state index in [4.69, 9.17) is 4.74 Å². The first kappa shape index (κ1) is 17.6. The van der Waals surface area contributed by atoms with Crippen molar-refractivity contribution in [1.82, 2.24) is 13.4 Å². The van der Waals surface area contributed by atoms with E-state index in [2.05, 4.69) is 0 Å². The lowest BCUT2D eigenvalue weighted by molar-refractivity contribution is -0.00259. The fourth-order valence-corrected chi connectivity index (χ4v) is 4.38. The normalized spacial score (nSPS) is 19.0. The average Bonchev–Trinajstić information content (AvgIpc) is 2.63. The third-order valence-electron chi connectivity index (χ3n) is 4.23. The molecule has 1 fully saturated rings. The number of rotatable bonds is 3. The molecule has 2 heterocycles. The SMILES string of the molecule is Cn1cc(S(=O)(=O)N2CCOC(c3ccccc3)C2)c(=O)n(C)c1=O. The van der Waals surface area contributed by atoms with E-state index in [0.29, 0.717) is 0 Å². The highest BCUT2D eigenvalue weighted by Crippen LogP contribution is 2.25. The smallest absolute Gasteiger partial charge is 0.330 e. The molecular formula is C16H19N3O5S. The van der Waals surface area contributed by atoms with Gasteiger partial charge in [-0.2, -0.15) is 4.31 Å². The first-order chi connectivity index (χ1) is 11.8. The fourth-order valence-electron chi connectivity index (χ4n) is 2.80. The molecule has 1 aliphatic rings. The molecule has 1 atom stereocenters. The number of hydrogen-bond donors (Lipinski definition) is 0. The van der Waals surface area contributed by atoms with Gasteiger partial charge < -0.3 is 9.30 Å². The van der Waals surface area contributed by atoms with Gasteiger partial charge in [-0.25, -0.2) is 13.2 Å². The highest BCUT2D eigenvalue weighted by molar-refractivity contribution is 7.89. The van der Waals surface area contributed by atoms with E-state index in [1.54, 1.807) is 0 Å². The zero-order valence-electron chi connectivity index (χ0n) is 14.0. The van der Waals surface area contributed by atoms with Gasteiger partial charge in [-0.15, -0.1) is 0 Å². The van der Waals surface area contributed by atoms with Crippen LogP contribution in [0.2, 0.25) is 0 Å². The van der Waals surface area contributed by atoms with Gasteiger partial charge in [-0.05, 0) is 5.56 Å². The van der Waals surface area contributed by atoms with E-state index in [0.717, 1.165) is 20.9 Å². The number of ether oxygens (including phenoxy) is 1. The van der Waals surface area contributed by atoms with Gasteiger partial charge in [0.1, 0.15) is 0 Å². The number of morpholine rings is 1. The first-order valence-electron chi connectivity index (χ1n) is 7.75. The van der Waals surface area contributed by atoms with E-state index in [1.165, 1.54) is 18.4 Å². The Morgan fingerprint density at radius 3 is 2.48 bits per heavy atom. The van der Waals surface area contributed by atoms with Crippen molar-refractivity contribution in [3.63, 3.8) is 0 Å². The maximum Gasteiger partial charge on any atom is 0.330 e. The monoisotopic (exact) mass is 365 g/mol. The predicted octanol–water partition coefficient (Wildman–Crippen LogP) is -0.154. The Labute approximate surface area is 144 Å². The van der Waals surface area contributed by atoms with Crippen LogP contribution in [0.25, 0.3) is 0 Å². The first-order valence-corrected chi connectivity index (χ1v) is 9.19. The van der Waals surface area contributed by atoms with Crippen LogP contribution in [-0.4, -0.2) is 41.6 Å². The Kier molecular flexibility index (Phi) is 4.63. The van der Waals surface area contributed by atoms with Crippen LogP contribution in [0.4, 0.5) is 0 Å². The van der Waals surface area contributed by atoms with E-state index in [1.807, 2.05) is 30.3 Å². The molecule has 0 amide bonds. The van der Waals surface area contributed by atoms with Crippen LogP contribution < -0.4 is 11.2 Å². The van der Waals surface area contributed by atoms with Gasteiger partial charge >= 0.3 is 5.69 Å². The second-order valence-corrected chi connectivity index (χ2v) is 7.79. The molecule has 1 aromatic carbocycles. The Hall–Kier alpha value is -2.23. The van der Waals surface area contributed by atoms with Crippen LogP contribution >= 0.6 is 0 Å². The average molecular weight is 365 g/mol. The van der Waals surface area contributed by atoms with E-state index in [-0.39, 0.29) is 19.7 Å². The number of hydrogen-bond acceptors (Lipinski definition) is 5. The largest absolute Gasteiger partial charge is 0.371 e. The summed E-state index contributed by atoms with van der Waals surface area (Å²) in [6.07, 6.45) is 0.675. The standard InChI is InChI=1S/C16H19N3O5S/c1-17-11-14(15(20)18(2)16(17)21)25(22,23)19-8-9-24-13(10-19)12-6-4-3-5-7-12/h3-7,11,13H,8-10H2,1-2H3. The minimum atomic E-state index is -4.04. The molecule has 0 aliphatic carbocycles. The zero-order chi connectivity index (χ0) is 18.2. The lowest BCUT2D eigenvalue weighted by Crippen LogP contribution is -2.46. The van der Waals surface area contributed by atoms with Crippen LogP contribution in [0.3, 0.4) is 0 Å². The molecule has 25 heavy (non-hydrogen) atoms. The Bertz CT molecular complexity index is 995. The summed E-state index contributed by atoms with van der Waals surface area (Å²) in [6, 6.07) is 9.32.